The number of nitrogens with zero attached hydrogens (tertiary/aromatic N) is 2. The Labute approximate surface area is 94.7 Å². The quantitative estimate of drug-likeness (QED) is 0.575. The van der Waals surface area contributed by atoms with E-state index in [1.165, 1.54) is 26.4 Å². The predicted molar refractivity (Wildman–Crippen MR) is 63.2 cm³/mol. The van der Waals surface area contributed by atoms with Crippen LogP contribution in [-0.4, -0.2) is 23.6 Å². The largest absolute Gasteiger partial charge is 0.496 e. The summed E-state index contributed by atoms with van der Waals surface area (Å²) in [5.74, 6) is 0.435. The first kappa shape index (κ1) is 12.1. The van der Waals surface area contributed by atoms with Crippen LogP contribution < -0.4 is 4.74 Å². The third kappa shape index (κ3) is 2.53. The van der Waals surface area contributed by atoms with Crippen molar-refractivity contribution >= 4 is 11.5 Å². The fraction of sp³-hybridized carbons (Fsp3) is 0.250. The molecule has 4 heteroatoms. The van der Waals surface area contributed by atoms with Gasteiger partial charge in [-0.15, -0.1) is 0 Å². The molecule has 0 aliphatic heterocycles. The lowest BCUT2D eigenvalue weighted by atomic mass is 10.1. The van der Waals surface area contributed by atoms with Crippen molar-refractivity contribution in [2.75, 3.05) is 7.11 Å². The monoisotopic (exact) mass is 218 g/mol. The first-order valence-corrected chi connectivity index (χ1v) is 4.80. The van der Waals surface area contributed by atoms with Gasteiger partial charge in [0, 0.05) is 18.5 Å². The Hall–Kier alpha value is -1.97. The second-order valence-corrected chi connectivity index (χ2v) is 3.22. The second kappa shape index (κ2) is 5.21. The Bertz CT molecular complexity index is 450. The molecule has 0 aliphatic carbocycles. The van der Waals surface area contributed by atoms with Gasteiger partial charge in [0.25, 0.3) is 0 Å². The summed E-state index contributed by atoms with van der Waals surface area (Å²) in [6.45, 7) is 6.81. The molecule has 0 radical (unpaired) electrons. The maximum Gasteiger partial charge on any atom is 0.165 e. The van der Waals surface area contributed by atoms with Crippen molar-refractivity contribution in [2.45, 2.75) is 13.8 Å². The molecule has 1 aromatic heterocycles. The van der Waals surface area contributed by atoms with Crippen LogP contribution in [0.15, 0.2) is 30.0 Å². The Morgan fingerprint density at radius 1 is 1.56 bits per heavy atom. The molecular weight excluding hydrogens is 204 g/mol. The fourth-order valence-corrected chi connectivity index (χ4v) is 1.27. The standard InChI is InChI=1S/C12H14N2O2/c1-5-13-8(2)11-6-12(16-4)10(7-14-11)9(3)15/h5-7H,1H2,2-4H3. The van der Waals surface area contributed by atoms with Crippen LogP contribution in [0.25, 0.3) is 0 Å². The van der Waals surface area contributed by atoms with E-state index in [-0.39, 0.29) is 5.78 Å². The number of ether oxygens (including phenoxy) is 1. The van der Waals surface area contributed by atoms with Gasteiger partial charge in [-0.2, -0.15) is 0 Å². The van der Waals surface area contributed by atoms with Gasteiger partial charge >= 0.3 is 0 Å². The number of aliphatic imine (C=N–C) groups is 1. The number of rotatable bonds is 4. The van der Waals surface area contributed by atoms with Crippen LogP contribution in [0.4, 0.5) is 0 Å². The smallest absolute Gasteiger partial charge is 0.165 e. The summed E-state index contributed by atoms with van der Waals surface area (Å²) < 4.78 is 5.13. The zero-order chi connectivity index (χ0) is 12.1. The SMILES string of the molecule is C=CN=C(C)c1cc(OC)c(C(C)=O)cn1. The van der Waals surface area contributed by atoms with Gasteiger partial charge in [0.2, 0.25) is 0 Å². The Kier molecular flexibility index (Phi) is 3.94. The van der Waals surface area contributed by atoms with E-state index in [1.807, 2.05) is 6.92 Å². The van der Waals surface area contributed by atoms with E-state index < -0.39 is 0 Å². The number of Topliss-reactive ketones (excluding diaryl/α,β-unsaturated/α-hetero) is 1. The van der Waals surface area contributed by atoms with Gasteiger partial charge in [-0.1, -0.05) is 6.58 Å². The summed E-state index contributed by atoms with van der Waals surface area (Å²) in [5, 5.41) is 0. The normalized spacial score (nSPS) is 11.1. The minimum absolute atomic E-state index is 0.0748. The molecule has 0 aliphatic rings. The first-order valence-electron chi connectivity index (χ1n) is 4.80. The first-order chi connectivity index (χ1) is 7.60. The zero-order valence-corrected chi connectivity index (χ0v) is 9.65. The third-order valence-corrected chi connectivity index (χ3v) is 2.12. The van der Waals surface area contributed by atoms with Crippen LogP contribution >= 0.6 is 0 Å². The van der Waals surface area contributed by atoms with Crippen LogP contribution in [0.1, 0.15) is 29.9 Å². The number of hydrogen-bond acceptors (Lipinski definition) is 4. The summed E-state index contributed by atoms with van der Waals surface area (Å²) in [6, 6.07) is 1.69. The predicted octanol–water partition coefficient (Wildman–Crippen LogP) is 2.25. The molecular formula is C12H14N2O2. The van der Waals surface area contributed by atoms with Crippen molar-refractivity contribution in [1.29, 1.82) is 0 Å². The maximum absolute atomic E-state index is 11.3. The Morgan fingerprint density at radius 3 is 2.75 bits per heavy atom. The van der Waals surface area contributed by atoms with Crippen LogP contribution in [0.5, 0.6) is 5.75 Å². The number of methoxy groups -OCH3 is 1. The lowest BCUT2D eigenvalue weighted by Gasteiger charge is -2.07. The molecule has 0 saturated heterocycles. The molecule has 84 valence electrons. The molecule has 0 atom stereocenters. The molecule has 1 aromatic rings. The maximum atomic E-state index is 11.3. The highest BCUT2D eigenvalue weighted by Crippen LogP contribution is 2.19. The van der Waals surface area contributed by atoms with Gasteiger partial charge in [0.1, 0.15) is 5.75 Å². The summed E-state index contributed by atoms with van der Waals surface area (Å²) in [5.41, 5.74) is 1.86. The Balaban J connectivity index is 3.23. The summed E-state index contributed by atoms with van der Waals surface area (Å²) in [6.07, 6.45) is 2.95. The van der Waals surface area contributed by atoms with Crippen molar-refractivity contribution in [3.8, 4) is 5.75 Å². The highest BCUT2D eigenvalue weighted by Gasteiger charge is 2.10. The van der Waals surface area contributed by atoms with Gasteiger partial charge < -0.3 is 4.74 Å². The fourth-order valence-electron chi connectivity index (χ4n) is 1.27. The number of hydrogen-bond donors (Lipinski definition) is 0. The number of pyridine rings is 1. The molecule has 0 aromatic carbocycles. The highest BCUT2D eigenvalue weighted by molar-refractivity contribution is 6.00. The molecule has 1 heterocycles. The molecule has 0 unspecified atom stereocenters. The summed E-state index contributed by atoms with van der Waals surface area (Å²) in [4.78, 5) is 19.4. The van der Waals surface area contributed by atoms with E-state index >= 15 is 0 Å². The molecule has 0 saturated carbocycles. The van der Waals surface area contributed by atoms with Gasteiger partial charge in [-0.25, -0.2) is 0 Å². The number of ketones is 1. The van der Waals surface area contributed by atoms with Gasteiger partial charge in [-0.05, 0) is 13.8 Å². The van der Waals surface area contributed by atoms with E-state index in [9.17, 15) is 4.79 Å². The molecule has 4 nitrogen and oxygen atoms in total. The number of carbonyl (C=O) groups excluding carboxylic acids is 1. The summed E-state index contributed by atoms with van der Waals surface area (Å²) >= 11 is 0. The molecule has 0 spiro atoms. The lowest BCUT2D eigenvalue weighted by Crippen LogP contribution is -2.04. The van der Waals surface area contributed by atoms with E-state index in [0.717, 1.165) is 5.71 Å². The van der Waals surface area contributed by atoms with Crippen molar-refractivity contribution in [2.24, 2.45) is 4.99 Å². The van der Waals surface area contributed by atoms with Crippen LogP contribution in [-0.2, 0) is 0 Å². The minimum atomic E-state index is -0.0748. The van der Waals surface area contributed by atoms with E-state index in [0.29, 0.717) is 17.0 Å². The molecule has 1 rings (SSSR count). The Morgan fingerprint density at radius 2 is 2.25 bits per heavy atom. The van der Waals surface area contributed by atoms with Crippen molar-refractivity contribution in [3.63, 3.8) is 0 Å². The average molecular weight is 218 g/mol. The van der Waals surface area contributed by atoms with Crippen molar-refractivity contribution in [1.82, 2.24) is 4.98 Å². The zero-order valence-electron chi connectivity index (χ0n) is 9.65. The summed E-state index contributed by atoms with van der Waals surface area (Å²) in [7, 11) is 1.52. The topological polar surface area (TPSA) is 51.5 Å². The van der Waals surface area contributed by atoms with Gasteiger partial charge in [0.05, 0.1) is 24.1 Å². The third-order valence-electron chi connectivity index (χ3n) is 2.12. The molecule has 0 bridgehead atoms. The molecule has 16 heavy (non-hydrogen) atoms. The minimum Gasteiger partial charge on any atom is -0.496 e. The van der Waals surface area contributed by atoms with E-state index in [4.69, 9.17) is 4.74 Å². The van der Waals surface area contributed by atoms with E-state index in [2.05, 4.69) is 16.6 Å². The molecule has 0 amide bonds. The highest BCUT2D eigenvalue weighted by atomic mass is 16.5. The molecule has 0 N–H and O–H groups in total. The molecule has 0 fully saturated rings. The van der Waals surface area contributed by atoms with Crippen LogP contribution in [0.3, 0.4) is 0 Å². The number of aromatic nitrogens is 1. The van der Waals surface area contributed by atoms with E-state index in [1.54, 1.807) is 6.07 Å². The van der Waals surface area contributed by atoms with Crippen molar-refractivity contribution < 1.29 is 9.53 Å². The lowest BCUT2D eigenvalue weighted by molar-refractivity contribution is 0.101. The van der Waals surface area contributed by atoms with Gasteiger partial charge in [-0.3, -0.25) is 14.8 Å². The average Bonchev–Trinajstić information content (AvgIpc) is 2.28. The van der Waals surface area contributed by atoms with Crippen LogP contribution in [0, 0.1) is 0 Å². The second-order valence-electron chi connectivity index (χ2n) is 3.22. The number of carbonyl (C=O) groups is 1. The van der Waals surface area contributed by atoms with Crippen LogP contribution in [0.2, 0.25) is 0 Å². The van der Waals surface area contributed by atoms with Gasteiger partial charge in [0.15, 0.2) is 5.78 Å². The van der Waals surface area contributed by atoms with Crippen molar-refractivity contribution in [3.05, 3.63) is 36.3 Å².